The van der Waals surface area contributed by atoms with Crippen LogP contribution in [0.3, 0.4) is 0 Å². The van der Waals surface area contributed by atoms with Crippen molar-refractivity contribution in [3.63, 3.8) is 0 Å². The standard InChI is InChI=1S/C20H25N3O9S/c1-2-33(31,32)12-10-14(20(27)28)21-16(24)9-4-3-5-11-22-18(25)13-7-6-8-15(23(29)30)17(13)19(22)26/h6-8,14H,2-5,9-12H2,1H3,(H,21,24)(H,27,28). The molecule has 180 valence electrons. The molecule has 0 aromatic heterocycles. The minimum absolute atomic E-state index is 0.0154. The summed E-state index contributed by atoms with van der Waals surface area (Å²) in [6, 6.07) is 2.55. The van der Waals surface area contributed by atoms with Crippen molar-refractivity contribution in [2.75, 3.05) is 18.1 Å². The van der Waals surface area contributed by atoms with Gasteiger partial charge in [0.15, 0.2) is 0 Å². The van der Waals surface area contributed by atoms with Gasteiger partial charge in [-0.1, -0.05) is 19.4 Å². The molecule has 12 nitrogen and oxygen atoms in total. The molecule has 2 rings (SSSR count). The molecule has 1 heterocycles. The molecule has 1 unspecified atom stereocenters. The van der Waals surface area contributed by atoms with Crippen molar-refractivity contribution in [1.82, 2.24) is 10.2 Å². The van der Waals surface area contributed by atoms with Gasteiger partial charge in [-0.3, -0.25) is 29.4 Å². The Labute approximate surface area is 190 Å². The quantitative estimate of drug-likeness (QED) is 0.180. The molecule has 0 saturated heterocycles. The molecule has 1 aromatic rings. The predicted molar refractivity (Wildman–Crippen MR) is 115 cm³/mol. The van der Waals surface area contributed by atoms with Crippen molar-refractivity contribution >= 4 is 39.2 Å². The minimum atomic E-state index is -3.36. The topological polar surface area (TPSA) is 181 Å². The summed E-state index contributed by atoms with van der Waals surface area (Å²) < 4.78 is 23.1. The number of amides is 3. The number of carboxylic acids is 1. The molecule has 2 N–H and O–H groups in total. The van der Waals surface area contributed by atoms with Crippen molar-refractivity contribution < 1.29 is 37.6 Å². The molecule has 1 atom stereocenters. The van der Waals surface area contributed by atoms with Gasteiger partial charge in [-0.2, -0.15) is 0 Å². The fraction of sp³-hybridized carbons (Fsp3) is 0.500. The average molecular weight is 483 g/mol. The highest BCUT2D eigenvalue weighted by atomic mass is 32.2. The molecule has 0 aliphatic carbocycles. The maximum Gasteiger partial charge on any atom is 0.326 e. The Morgan fingerprint density at radius 1 is 1.18 bits per heavy atom. The number of aliphatic carboxylic acids is 1. The fourth-order valence-corrected chi connectivity index (χ4v) is 4.25. The number of nitrogens with one attached hydrogen (secondary N) is 1. The number of fused-ring (bicyclic) bond motifs is 1. The molecule has 0 spiro atoms. The van der Waals surface area contributed by atoms with E-state index in [0.717, 1.165) is 11.0 Å². The van der Waals surface area contributed by atoms with E-state index in [-0.39, 0.29) is 42.0 Å². The van der Waals surface area contributed by atoms with Gasteiger partial charge in [0, 0.05) is 24.8 Å². The first-order valence-corrected chi connectivity index (χ1v) is 12.2. The van der Waals surface area contributed by atoms with E-state index in [9.17, 15) is 42.8 Å². The number of benzene rings is 1. The van der Waals surface area contributed by atoms with E-state index in [1.54, 1.807) is 0 Å². The molecular weight excluding hydrogens is 458 g/mol. The van der Waals surface area contributed by atoms with Crippen molar-refractivity contribution in [3.05, 3.63) is 39.4 Å². The number of sulfone groups is 1. The van der Waals surface area contributed by atoms with E-state index in [0.29, 0.717) is 19.3 Å². The number of nitrogens with zero attached hydrogens (tertiary/aromatic N) is 2. The molecule has 0 bridgehead atoms. The number of hydrogen-bond donors (Lipinski definition) is 2. The van der Waals surface area contributed by atoms with Crippen LogP contribution < -0.4 is 5.32 Å². The summed E-state index contributed by atoms with van der Waals surface area (Å²) in [5.74, 6) is -3.68. The van der Waals surface area contributed by atoms with Gasteiger partial charge >= 0.3 is 5.97 Å². The van der Waals surface area contributed by atoms with Crippen LogP contribution in [0.5, 0.6) is 0 Å². The van der Waals surface area contributed by atoms with Crippen molar-refractivity contribution in [3.8, 4) is 0 Å². The molecule has 0 saturated carbocycles. The predicted octanol–water partition coefficient (Wildman–Crippen LogP) is 1.15. The summed E-state index contributed by atoms with van der Waals surface area (Å²) in [6.07, 6.45) is 0.879. The Hall–Kier alpha value is -3.35. The largest absolute Gasteiger partial charge is 0.480 e. The van der Waals surface area contributed by atoms with E-state index in [2.05, 4.69) is 5.32 Å². The number of carbonyl (C=O) groups is 4. The Bertz CT molecular complexity index is 1070. The van der Waals surface area contributed by atoms with Crippen molar-refractivity contribution in [2.24, 2.45) is 0 Å². The SMILES string of the molecule is CCS(=O)(=O)CCC(NC(=O)CCCCCN1C(=O)c2cccc([N+](=O)[O-])c2C1=O)C(=O)O. The zero-order chi connectivity index (χ0) is 24.8. The first kappa shape index (κ1) is 25.9. The highest BCUT2D eigenvalue weighted by molar-refractivity contribution is 7.91. The Morgan fingerprint density at radius 3 is 2.48 bits per heavy atom. The summed E-state index contributed by atoms with van der Waals surface area (Å²) in [5, 5.41) is 22.6. The highest BCUT2D eigenvalue weighted by Crippen LogP contribution is 2.30. The zero-order valence-electron chi connectivity index (χ0n) is 18.0. The van der Waals surface area contributed by atoms with Crippen molar-refractivity contribution in [1.29, 1.82) is 0 Å². The summed E-state index contributed by atoms with van der Waals surface area (Å²) in [6.45, 7) is 1.48. The minimum Gasteiger partial charge on any atom is -0.480 e. The second-order valence-electron chi connectivity index (χ2n) is 7.51. The molecule has 33 heavy (non-hydrogen) atoms. The van der Waals surface area contributed by atoms with Crippen LogP contribution in [0.1, 0.15) is 59.7 Å². The van der Waals surface area contributed by atoms with E-state index in [1.807, 2.05) is 0 Å². The Balaban J connectivity index is 1.80. The molecule has 1 aliphatic rings. The summed E-state index contributed by atoms with van der Waals surface area (Å²) in [7, 11) is -3.36. The smallest absolute Gasteiger partial charge is 0.326 e. The molecule has 0 radical (unpaired) electrons. The number of unbranched alkanes of at least 4 members (excludes halogenated alkanes) is 2. The number of rotatable bonds is 13. The number of hydrogen-bond acceptors (Lipinski definition) is 8. The normalized spacial score (nSPS) is 14.2. The second kappa shape index (κ2) is 11.0. The van der Waals surface area contributed by atoms with Crippen LogP contribution in [0.25, 0.3) is 0 Å². The lowest BCUT2D eigenvalue weighted by atomic mass is 10.1. The van der Waals surface area contributed by atoms with E-state index < -0.39 is 50.2 Å². The van der Waals surface area contributed by atoms with Crippen LogP contribution in [0, 0.1) is 10.1 Å². The molecular formula is C20H25N3O9S. The van der Waals surface area contributed by atoms with E-state index in [1.165, 1.54) is 19.1 Å². The highest BCUT2D eigenvalue weighted by Gasteiger charge is 2.40. The summed E-state index contributed by atoms with van der Waals surface area (Å²) >= 11 is 0. The van der Waals surface area contributed by atoms with E-state index >= 15 is 0 Å². The van der Waals surface area contributed by atoms with Gasteiger partial charge in [-0.15, -0.1) is 0 Å². The van der Waals surface area contributed by atoms with Crippen LogP contribution in [-0.4, -0.2) is 71.1 Å². The van der Waals surface area contributed by atoms with Crippen LogP contribution in [0.4, 0.5) is 5.69 Å². The lowest BCUT2D eigenvalue weighted by molar-refractivity contribution is -0.385. The van der Waals surface area contributed by atoms with Crippen LogP contribution in [-0.2, 0) is 19.4 Å². The Kier molecular flexibility index (Phi) is 8.63. The Morgan fingerprint density at radius 2 is 1.88 bits per heavy atom. The average Bonchev–Trinajstić information content (AvgIpc) is 3.00. The van der Waals surface area contributed by atoms with Gasteiger partial charge in [0.2, 0.25) is 5.91 Å². The van der Waals surface area contributed by atoms with E-state index in [4.69, 9.17) is 0 Å². The van der Waals surface area contributed by atoms with Crippen molar-refractivity contribution in [2.45, 2.75) is 45.1 Å². The summed E-state index contributed by atoms with van der Waals surface area (Å²) in [4.78, 5) is 59.5. The van der Waals surface area contributed by atoms with Gasteiger partial charge in [0.25, 0.3) is 17.5 Å². The summed E-state index contributed by atoms with van der Waals surface area (Å²) in [5.41, 5.74) is -0.667. The molecule has 13 heteroatoms. The lowest BCUT2D eigenvalue weighted by Gasteiger charge is -2.15. The van der Waals surface area contributed by atoms with Gasteiger partial charge in [0.1, 0.15) is 21.4 Å². The third-order valence-corrected chi connectivity index (χ3v) is 6.99. The monoisotopic (exact) mass is 483 g/mol. The molecule has 0 fully saturated rings. The molecule has 1 aliphatic heterocycles. The van der Waals surface area contributed by atoms with Gasteiger partial charge in [0.05, 0.1) is 16.2 Å². The maximum atomic E-state index is 12.5. The third-order valence-electron chi connectivity index (χ3n) is 5.25. The van der Waals surface area contributed by atoms with Crippen LogP contribution in [0.15, 0.2) is 18.2 Å². The number of carboxylic acid groups (broad SMARTS) is 1. The zero-order valence-corrected chi connectivity index (χ0v) is 18.8. The third kappa shape index (κ3) is 6.57. The first-order valence-electron chi connectivity index (χ1n) is 10.3. The number of nitro benzene ring substituents is 1. The maximum absolute atomic E-state index is 12.5. The first-order chi connectivity index (χ1) is 15.5. The number of carbonyl (C=O) groups excluding carboxylic acids is 3. The molecule has 1 aromatic carbocycles. The second-order valence-corrected chi connectivity index (χ2v) is 9.99. The number of imide groups is 1. The van der Waals surface area contributed by atoms with Crippen LogP contribution in [0.2, 0.25) is 0 Å². The van der Waals surface area contributed by atoms with Gasteiger partial charge in [-0.25, -0.2) is 13.2 Å². The van der Waals surface area contributed by atoms with Gasteiger partial charge < -0.3 is 10.4 Å². The number of nitro groups is 1. The molecule has 3 amide bonds. The lowest BCUT2D eigenvalue weighted by Crippen LogP contribution is -2.42. The van der Waals surface area contributed by atoms with Gasteiger partial charge in [-0.05, 0) is 25.3 Å². The van der Waals surface area contributed by atoms with Crippen LogP contribution >= 0.6 is 0 Å². The fourth-order valence-electron chi connectivity index (χ4n) is 3.37.